The highest BCUT2D eigenvalue weighted by molar-refractivity contribution is 14.0. The predicted molar refractivity (Wildman–Crippen MR) is 143 cm³/mol. The minimum absolute atomic E-state index is 0. The molecule has 0 bridgehead atoms. The molecule has 0 aliphatic carbocycles. The number of likely N-dealkylation sites (N-methyl/N-ethyl adjacent to an activating group) is 1. The third kappa shape index (κ3) is 8.16. The van der Waals surface area contributed by atoms with E-state index in [-0.39, 0.29) is 24.0 Å². The number of aliphatic hydroxyl groups is 1. The Morgan fingerprint density at radius 2 is 1.81 bits per heavy atom. The smallest absolute Gasteiger partial charge is 0.194 e. The third-order valence-corrected chi connectivity index (χ3v) is 5.72. The molecule has 0 unspecified atom stereocenters. The van der Waals surface area contributed by atoms with E-state index in [0.29, 0.717) is 25.7 Å². The molecule has 6 nitrogen and oxygen atoms in total. The molecular weight excluding hydrogens is 515 g/mol. The topological polar surface area (TPSA) is 60.3 Å². The summed E-state index contributed by atoms with van der Waals surface area (Å²) in [4.78, 5) is 9.32. The van der Waals surface area contributed by atoms with Gasteiger partial charge in [0.1, 0.15) is 12.4 Å². The molecule has 0 radical (unpaired) electrons. The number of para-hydroxylation sites is 1. The van der Waals surface area contributed by atoms with Gasteiger partial charge in [0, 0.05) is 39.0 Å². The van der Waals surface area contributed by atoms with Crippen molar-refractivity contribution in [2.24, 2.45) is 10.9 Å². The van der Waals surface area contributed by atoms with Gasteiger partial charge in [0.25, 0.3) is 0 Å². The third-order valence-electron chi connectivity index (χ3n) is 5.72. The molecule has 1 aliphatic heterocycles. The lowest BCUT2D eigenvalue weighted by molar-refractivity contribution is 0.203. The van der Waals surface area contributed by atoms with E-state index in [2.05, 4.69) is 46.3 Å². The van der Waals surface area contributed by atoms with E-state index < -0.39 is 0 Å². The van der Waals surface area contributed by atoms with Crippen LogP contribution >= 0.6 is 24.0 Å². The minimum atomic E-state index is 0. The summed E-state index contributed by atoms with van der Waals surface area (Å²) in [5.74, 6) is 2.23. The average molecular weight is 553 g/mol. The van der Waals surface area contributed by atoms with E-state index in [9.17, 15) is 5.11 Å². The number of aliphatic imine (C=N–C) groups is 1. The van der Waals surface area contributed by atoms with Crippen LogP contribution in [-0.2, 0) is 6.54 Å². The van der Waals surface area contributed by atoms with Gasteiger partial charge in [0.05, 0.1) is 13.1 Å². The van der Waals surface area contributed by atoms with Gasteiger partial charge in [0.15, 0.2) is 5.96 Å². The molecular formula is C25H37IN4O2. The molecule has 0 aromatic heterocycles. The predicted octanol–water partition coefficient (Wildman–Crippen LogP) is 3.99. The molecule has 7 heteroatoms. The van der Waals surface area contributed by atoms with Crippen molar-refractivity contribution in [1.29, 1.82) is 0 Å². The number of benzene rings is 2. The van der Waals surface area contributed by atoms with E-state index in [1.807, 2.05) is 37.4 Å². The summed E-state index contributed by atoms with van der Waals surface area (Å²) in [6.45, 7) is 7.25. The molecule has 2 aromatic rings. The first kappa shape index (κ1) is 26.3. The minimum Gasteiger partial charge on any atom is -0.492 e. The molecule has 2 N–H and O–H groups in total. The van der Waals surface area contributed by atoms with Crippen molar-refractivity contribution in [3.05, 3.63) is 60.2 Å². The van der Waals surface area contributed by atoms with Crippen LogP contribution in [0.15, 0.2) is 59.6 Å². The normalized spacial score (nSPS) is 14.6. The Morgan fingerprint density at radius 3 is 2.44 bits per heavy atom. The van der Waals surface area contributed by atoms with Crippen LogP contribution in [0.3, 0.4) is 0 Å². The Balaban J connectivity index is 0.00000363. The SMILES string of the molecule is CCNC(=NCc1ccc(N2CCC(CO)CC2)cc1)N(C)CCOc1ccccc1.I. The highest BCUT2D eigenvalue weighted by atomic mass is 127. The van der Waals surface area contributed by atoms with Gasteiger partial charge in [-0.3, -0.25) is 0 Å². The summed E-state index contributed by atoms with van der Waals surface area (Å²) in [6.07, 6.45) is 2.13. The van der Waals surface area contributed by atoms with E-state index in [4.69, 9.17) is 9.73 Å². The number of nitrogens with one attached hydrogen (secondary N) is 1. The zero-order valence-corrected chi connectivity index (χ0v) is 21.6. The van der Waals surface area contributed by atoms with Crippen molar-refractivity contribution in [2.45, 2.75) is 26.3 Å². The zero-order valence-electron chi connectivity index (χ0n) is 19.2. The molecule has 3 rings (SSSR count). The van der Waals surface area contributed by atoms with Crippen molar-refractivity contribution >= 4 is 35.6 Å². The number of hydrogen-bond donors (Lipinski definition) is 2. The number of aliphatic hydroxyl groups excluding tert-OH is 1. The second-order valence-electron chi connectivity index (χ2n) is 8.03. The number of piperidine rings is 1. The summed E-state index contributed by atoms with van der Waals surface area (Å²) < 4.78 is 5.81. The number of hydrogen-bond acceptors (Lipinski definition) is 4. The van der Waals surface area contributed by atoms with Gasteiger partial charge in [-0.15, -0.1) is 24.0 Å². The van der Waals surface area contributed by atoms with Gasteiger partial charge >= 0.3 is 0 Å². The summed E-state index contributed by atoms with van der Waals surface area (Å²) >= 11 is 0. The van der Waals surface area contributed by atoms with Crippen LogP contribution in [0.2, 0.25) is 0 Å². The summed E-state index contributed by atoms with van der Waals surface area (Å²) in [7, 11) is 2.04. The van der Waals surface area contributed by atoms with Crippen molar-refractivity contribution < 1.29 is 9.84 Å². The molecule has 1 heterocycles. The van der Waals surface area contributed by atoms with E-state index in [0.717, 1.165) is 50.7 Å². The van der Waals surface area contributed by atoms with Crippen LogP contribution in [0, 0.1) is 5.92 Å². The Kier molecular flexibility index (Phi) is 11.7. The number of halogens is 1. The first-order valence-corrected chi connectivity index (χ1v) is 11.3. The molecule has 32 heavy (non-hydrogen) atoms. The fourth-order valence-electron chi connectivity index (χ4n) is 3.74. The Morgan fingerprint density at radius 1 is 1.12 bits per heavy atom. The highest BCUT2D eigenvalue weighted by Crippen LogP contribution is 2.23. The van der Waals surface area contributed by atoms with Crippen molar-refractivity contribution in [3.8, 4) is 5.75 Å². The molecule has 0 saturated carbocycles. The van der Waals surface area contributed by atoms with Crippen molar-refractivity contribution in [2.75, 3.05) is 51.3 Å². The number of guanidine groups is 1. The van der Waals surface area contributed by atoms with Crippen molar-refractivity contribution in [1.82, 2.24) is 10.2 Å². The second kappa shape index (κ2) is 14.2. The van der Waals surface area contributed by atoms with Gasteiger partial charge in [-0.2, -0.15) is 0 Å². The Bertz CT molecular complexity index is 793. The maximum absolute atomic E-state index is 9.32. The standard InChI is InChI=1S/C25H36N4O2.HI/c1-3-26-25(28(2)17-18-31-24-7-5-4-6-8-24)27-19-21-9-11-23(12-10-21)29-15-13-22(20-30)14-16-29;/h4-12,22,30H,3,13-20H2,1-2H3,(H,26,27);1H. The fraction of sp³-hybridized carbons (Fsp3) is 0.480. The number of rotatable bonds is 9. The van der Waals surface area contributed by atoms with Crippen LogP contribution in [0.5, 0.6) is 5.75 Å². The Labute approximate surface area is 209 Å². The highest BCUT2D eigenvalue weighted by Gasteiger charge is 2.18. The monoisotopic (exact) mass is 552 g/mol. The molecule has 0 amide bonds. The van der Waals surface area contributed by atoms with E-state index in [1.54, 1.807) is 0 Å². The van der Waals surface area contributed by atoms with Crippen LogP contribution < -0.4 is 15.0 Å². The van der Waals surface area contributed by atoms with Crippen molar-refractivity contribution in [3.63, 3.8) is 0 Å². The first-order chi connectivity index (χ1) is 15.2. The van der Waals surface area contributed by atoms with E-state index >= 15 is 0 Å². The largest absolute Gasteiger partial charge is 0.492 e. The summed E-state index contributed by atoms with van der Waals surface area (Å²) in [5, 5.41) is 12.7. The maximum atomic E-state index is 9.32. The van der Waals surface area contributed by atoms with Gasteiger partial charge in [-0.05, 0) is 55.5 Å². The maximum Gasteiger partial charge on any atom is 0.194 e. The lowest BCUT2D eigenvalue weighted by Gasteiger charge is -2.32. The Hall–Kier alpha value is -2.00. The van der Waals surface area contributed by atoms with Gasteiger partial charge in [0.2, 0.25) is 0 Å². The van der Waals surface area contributed by atoms with Crippen LogP contribution in [0.1, 0.15) is 25.3 Å². The molecule has 1 aliphatic rings. The van der Waals surface area contributed by atoms with Crippen LogP contribution in [0.25, 0.3) is 0 Å². The van der Waals surface area contributed by atoms with E-state index in [1.165, 1.54) is 11.3 Å². The number of ether oxygens (including phenoxy) is 1. The first-order valence-electron chi connectivity index (χ1n) is 11.3. The number of anilines is 1. The molecule has 0 atom stereocenters. The summed E-state index contributed by atoms with van der Waals surface area (Å²) in [5.41, 5.74) is 2.45. The molecule has 2 aromatic carbocycles. The second-order valence-corrected chi connectivity index (χ2v) is 8.03. The fourth-order valence-corrected chi connectivity index (χ4v) is 3.74. The molecule has 0 spiro atoms. The molecule has 1 fully saturated rings. The molecule has 1 saturated heterocycles. The van der Waals surface area contributed by atoms with Gasteiger partial charge in [-0.25, -0.2) is 4.99 Å². The molecule has 176 valence electrons. The quantitative estimate of drug-likeness (QED) is 0.280. The van der Waals surface area contributed by atoms with Crippen LogP contribution in [-0.4, -0.2) is 62.4 Å². The average Bonchev–Trinajstić information content (AvgIpc) is 2.83. The van der Waals surface area contributed by atoms with Gasteiger partial charge in [-0.1, -0.05) is 30.3 Å². The lowest BCUT2D eigenvalue weighted by Crippen LogP contribution is -2.40. The number of nitrogens with zero attached hydrogens (tertiary/aromatic N) is 3. The van der Waals surface area contributed by atoms with Crippen LogP contribution in [0.4, 0.5) is 5.69 Å². The lowest BCUT2D eigenvalue weighted by atomic mass is 9.97. The zero-order chi connectivity index (χ0) is 21.9. The van der Waals surface area contributed by atoms with Gasteiger partial charge < -0.3 is 25.0 Å². The summed E-state index contributed by atoms with van der Waals surface area (Å²) in [6, 6.07) is 18.6.